The van der Waals surface area contributed by atoms with Gasteiger partial charge in [0.15, 0.2) is 0 Å². The Balaban J connectivity index is 1.58. The zero-order valence-electron chi connectivity index (χ0n) is 18.1. The smallest absolute Gasteiger partial charge is 0.225 e. The highest BCUT2D eigenvalue weighted by Gasteiger charge is 2.58. The van der Waals surface area contributed by atoms with E-state index in [0.717, 1.165) is 28.5 Å². The van der Waals surface area contributed by atoms with Crippen molar-refractivity contribution < 1.29 is 29.9 Å². The molecular weight excluding hydrogens is 428 g/mol. The second-order valence-electron chi connectivity index (χ2n) is 8.71. The summed E-state index contributed by atoms with van der Waals surface area (Å²) in [7, 11) is 0. The van der Waals surface area contributed by atoms with Crippen LogP contribution in [-0.4, -0.2) is 51.4 Å². The van der Waals surface area contributed by atoms with Gasteiger partial charge < -0.3 is 29.9 Å². The third-order valence-corrected chi connectivity index (χ3v) is 7.91. The minimum absolute atomic E-state index is 0.216. The Morgan fingerprint density at radius 2 is 1.78 bits per heavy atom. The van der Waals surface area contributed by atoms with Crippen molar-refractivity contribution in [3.8, 4) is 0 Å². The van der Waals surface area contributed by atoms with Crippen LogP contribution in [0.2, 0.25) is 0 Å². The summed E-state index contributed by atoms with van der Waals surface area (Å²) in [5.41, 5.74) is 5.26. The maximum Gasteiger partial charge on any atom is 0.225 e. The van der Waals surface area contributed by atoms with Gasteiger partial charge in [0.1, 0.15) is 24.4 Å². The molecule has 170 valence electrons. The lowest BCUT2D eigenvalue weighted by Gasteiger charge is -2.46. The standard InChI is InChI=1S/C25H28O6S/c1-3-14-4-6-15(7-5-14)8-17-13(2)32-21-9-16-12-30-25(19(16)10-18(17)21)24(29)23(28)22(27)20(11-26)31-25/h4-7,9-10,20,22-24,26-29H,3,8,11-12H2,1-2H3/t20-,22-,23+,24-,25+/m1/s1. The Labute approximate surface area is 190 Å². The minimum Gasteiger partial charge on any atom is -0.394 e. The van der Waals surface area contributed by atoms with E-state index in [0.29, 0.717) is 5.56 Å². The number of hydrogen-bond acceptors (Lipinski definition) is 7. The van der Waals surface area contributed by atoms with Gasteiger partial charge in [-0.15, -0.1) is 11.3 Å². The lowest BCUT2D eigenvalue weighted by atomic mass is 9.86. The van der Waals surface area contributed by atoms with E-state index in [1.165, 1.54) is 21.6 Å². The average molecular weight is 457 g/mol. The van der Waals surface area contributed by atoms with E-state index < -0.39 is 36.8 Å². The van der Waals surface area contributed by atoms with Crippen molar-refractivity contribution in [2.75, 3.05) is 6.61 Å². The Bertz CT molecular complexity index is 1140. The van der Waals surface area contributed by atoms with Crippen molar-refractivity contribution in [1.82, 2.24) is 0 Å². The van der Waals surface area contributed by atoms with Gasteiger partial charge in [-0.3, -0.25) is 0 Å². The molecule has 1 saturated heterocycles. The van der Waals surface area contributed by atoms with Gasteiger partial charge in [0.25, 0.3) is 0 Å². The Kier molecular flexibility index (Phi) is 5.62. The molecule has 1 spiro atoms. The van der Waals surface area contributed by atoms with Gasteiger partial charge in [-0.2, -0.15) is 0 Å². The highest BCUT2D eigenvalue weighted by atomic mass is 32.1. The van der Waals surface area contributed by atoms with Crippen LogP contribution in [0.3, 0.4) is 0 Å². The van der Waals surface area contributed by atoms with Gasteiger partial charge in [-0.05, 0) is 59.5 Å². The maximum absolute atomic E-state index is 10.9. The molecule has 3 heterocycles. The fourth-order valence-electron chi connectivity index (χ4n) is 4.86. The number of ether oxygens (including phenoxy) is 2. The first-order valence-corrected chi connectivity index (χ1v) is 11.8. The van der Waals surface area contributed by atoms with Crippen LogP contribution in [0.15, 0.2) is 36.4 Å². The highest BCUT2D eigenvalue weighted by molar-refractivity contribution is 7.19. The third-order valence-electron chi connectivity index (χ3n) is 6.80. The molecule has 0 aliphatic carbocycles. The fourth-order valence-corrected chi connectivity index (χ4v) is 5.99. The summed E-state index contributed by atoms with van der Waals surface area (Å²) in [5.74, 6) is -1.62. The summed E-state index contributed by atoms with van der Waals surface area (Å²) in [4.78, 5) is 1.23. The largest absolute Gasteiger partial charge is 0.394 e. The van der Waals surface area contributed by atoms with Crippen molar-refractivity contribution in [2.24, 2.45) is 0 Å². The molecular formula is C25H28O6S. The van der Waals surface area contributed by atoms with Crippen LogP contribution >= 0.6 is 11.3 Å². The number of aliphatic hydroxyl groups is 4. The molecule has 3 aromatic rings. The number of fused-ring (bicyclic) bond motifs is 3. The average Bonchev–Trinajstić information content (AvgIpc) is 3.31. The predicted octanol–water partition coefficient (Wildman–Crippen LogP) is 2.52. The highest BCUT2D eigenvalue weighted by Crippen LogP contribution is 2.48. The summed E-state index contributed by atoms with van der Waals surface area (Å²) in [6, 6.07) is 12.7. The van der Waals surface area contributed by atoms with Crippen molar-refractivity contribution >= 4 is 21.4 Å². The molecule has 7 heteroatoms. The second kappa shape index (κ2) is 8.18. The quantitative estimate of drug-likeness (QED) is 0.482. The first-order chi connectivity index (χ1) is 15.4. The molecule has 32 heavy (non-hydrogen) atoms. The fraction of sp³-hybridized carbons (Fsp3) is 0.440. The lowest BCUT2D eigenvalue weighted by molar-refractivity contribution is -0.368. The Morgan fingerprint density at radius 3 is 2.47 bits per heavy atom. The van der Waals surface area contributed by atoms with Crippen LogP contribution in [0, 0.1) is 6.92 Å². The molecule has 0 bridgehead atoms. The number of benzene rings is 2. The molecule has 0 radical (unpaired) electrons. The van der Waals surface area contributed by atoms with E-state index in [9.17, 15) is 20.4 Å². The van der Waals surface area contributed by atoms with E-state index in [1.54, 1.807) is 11.3 Å². The van der Waals surface area contributed by atoms with Crippen LogP contribution in [-0.2, 0) is 34.7 Å². The summed E-state index contributed by atoms with van der Waals surface area (Å²) >= 11 is 1.73. The third kappa shape index (κ3) is 3.31. The van der Waals surface area contributed by atoms with Crippen molar-refractivity contribution in [2.45, 2.75) is 63.5 Å². The molecule has 4 N–H and O–H groups in total. The van der Waals surface area contributed by atoms with Gasteiger partial charge in [0, 0.05) is 15.1 Å². The lowest BCUT2D eigenvalue weighted by Crippen LogP contribution is -2.63. The number of aryl methyl sites for hydroxylation is 2. The topological polar surface area (TPSA) is 99.4 Å². The van der Waals surface area contributed by atoms with Crippen LogP contribution in [0.5, 0.6) is 0 Å². The maximum atomic E-state index is 10.9. The van der Waals surface area contributed by atoms with Gasteiger partial charge >= 0.3 is 0 Å². The van der Waals surface area contributed by atoms with Gasteiger partial charge in [-0.25, -0.2) is 0 Å². The molecule has 0 amide bonds. The van der Waals surface area contributed by atoms with Crippen LogP contribution in [0.4, 0.5) is 0 Å². The van der Waals surface area contributed by atoms with Gasteiger partial charge in [-0.1, -0.05) is 31.2 Å². The van der Waals surface area contributed by atoms with Crippen molar-refractivity contribution in [3.63, 3.8) is 0 Å². The van der Waals surface area contributed by atoms with Crippen LogP contribution < -0.4 is 0 Å². The van der Waals surface area contributed by atoms with Gasteiger partial charge in [0.2, 0.25) is 5.79 Å². The minimum atomic E-state index is -1.62. The van der Waals surface area contributed by atoms with E-state index in [1.807, 2.05) is 6.07 Å². The zero-order valence-corrected chi connectivity index (χ0v) is 18.9. The first kappa shape index (κ1) is 22.0. The summed E-state index contributed by atoms with van der Waals surface area (Å²) in [6.07, 6.45) is -3.65. The molecule has 2 aliphatic heterocycles. The Hall–Kier alpha value is -1.84. The molecule has 0 saturated carbocycles. The zero-order chi connectivity index (χ0) is 22.6. The van der Waals surface area contributed by atoms with E-state index in [4.69, 9.17) is 9.47 Å². The van der Waals surface area contributed by atoms with Crippen molar-refractivity contribution in [3.05, 3.63) is 69.1 Å². The molecule has 0 unspecified atom stereocenters. The number of rotatable bonds is 4. The van der Waals surface area contributed by atoms with E-state index in [2.05, 4.69) is 44.2 Å². The summed E-state index contributed by atoms with van der Waals surface area (Å²) in [5, 5.41) is 42.2. The van der Waals surface area contributed by atoms with Crippen LogP contribution in [0.1, 0.15) is 39.6 Å². The summed E-state index contributed by atoms with van der Waals surface area (Å²) in [6.45, 7) is 3.98. The van der Waals surface area contributed by atoms with Crippen molar-refractivity contribution in [1.29, 1.82) is 0 Å². The number of hydrogen-bond donors (Lipinski definition) is 4. The molecule has 5 rings (SSSR count). The number of aliphatic hydroxyl groups excluding tert-OH is 4. The second-order valence-corrected chi connectivity index (χ2v) is 9.97. The van der Waals surface area contributed by atoms with Gasteiger partial charge in [0.05, 0.1) is 13.2 Å². The molecule has 5 atom stereocenters. The van der Waals surface area contributed by atoms with E-state index in [-0.39, 0.29) is 6.61 Å². The molecule has 2 aliphatic rings. The molecule has 1 fully saturated rings. The van der Waals surface area contributed by atoms with E-state index >= 15 is 0 Å². The number of thiophene rings is 1. The summed E-state index contributed by atoms with van der Waals surface area (Å²) < 4.78 is 13.0. The predicted molar refractivity (Wildman–Crippen MR) is 122 cm³/mol. The van der Waals surface area contributed by atoms with Crippen LogP contribution in [0.25, 0.3) is 10.1 Å². The molecule has 2 aromatic carbocycles. The monoisotopic (exact) mass is 456 g/mol. The normalized spacial score (nSPS) is 29.7. The first-order valence-electron chi connectivity index (χ1n) is 11.0. The Morgan fingerprint density at radius 1 is 1.06 bits per heavy atom. The molecule has 1 aromatic heterocycles. The SMILES string of the molecule is CCc1ccc(Cc2c(C)sc3cc4c(cc23)[C@]2(OC4)O[C@H](CO)[C@@H](O)[C@H](O)[C@H]2O)cc1. The molecule has 6 nitrogen and oxygen atoms in total.